The Morgan fingerprint density at radius 1 is 1.40 bits per heavy atom. The van der Waals surface area contributed by atoms with Crippen LogP contribution < -0.4 is 0 Å². The molecular formula is C9H17BN2O3. The molecule has 6 heteroatoms. The lowest BCUT2D eigenvalue weighted by Gasteiger charge is -2.30. The van der Waals surface area contributed by atoms with E-state index in [1.54, 1.807) is 20.0 Å². The molecule has 0 atom stereocenters. The molecule has 0 spiro atoms. The average Bonchev–Trinajstić information content (AvgIpc) is 2.26. The number of rotatable bonds is 2. The molecule has 0 bridgehead atoms. The van der Waals surface area contributed by atoms with Crippen molar-refractivity contribution >= 4 is 13.0 Å². The number of hydrogen-bond donors (Lipinski definition) is 2. The van der Waals surface area contributed by atoms with E-state index in [4.69, 9.17) is 4.74 Å². The van der Waals surface area contributed by atoms with E-state index in [9.17, 15) is 10.0 Å². The highest BCUT2D eigenvalue weighted by molar-refractivity contribution is 6.59. The first-order valence-corrected chi connectivity index (χ1v) is 5.03. The van der Waals surface area contributed by atoms with E-state index in [2.05, 4.69) is 4.99 Å². The summed E-state index contributed by atoms with van der Waals surface area (Å²) in [5.41, 5.74) is 0.444. The quantitative estimate of drug-likeness (QED) is 0.361. The van der Waals surface area contributed by atoms with Gasteiger partial charge in [-0.25, -0.2) is 0 Å². The van der Waals surface area contributed by atoms with Gasteiger partial charge in [-0.3, -0.25) is 4.99 Å². The molecule has 15 heavy (non-hydrogen) atoms. The maximum absolute atomic E-state index is 9.19. The van der Waals surface area contributed by atoms with Gasteiger partial charge in [-0.15, -0.1) is 0 Å². The molecule has 0 aromatic heterocycles. The van der Waals surface area contributed by atoms with E-state index < -0.39 is 7.12 Å². The van der Waals surface area contributed by atoms with Crippen molar-refractivity contribution in [1.82, 2.24) is 4.90 Å². The topological polar surface area (TPSA) is 65.3 Å². The zero-order valence-corrected chi connectivity index (χ0v) is 9.18. The first kappa shape index (κ1) is 12.2. The molecule has 1 heterocycles. The second kappa shape index (κ2) is 5.90. The lowest BCUT2D eigenvalue weighted by Crippen LogP contribution is -2.44. The predicted molar refractivity (Wildman–Crippen MR) is 59.7 cm³/mol. The van der Waals surface area contributed by atoms with Crippen LogP contribution in [0.3, 0.4) is 0 Å². The molecule has 0 aromatic carbocycles. The SMILES string of the molecule is C/C=C(/B(O)O)C(=NC)N1CCOCC1. The second-order valence-electron chi connectivity index (χ2n) is 3.26. The van der Waals surface area contributed by atoms with E-state index >= 15 is 0 Å². The van der Waals surface area contributed by atoms with Gasteiger partial charge in [-0.05, 0) is 6.92 Å². The van der Waals surface area contributed by atoms with Crippen LogP contribution in [0, 0.1) is 0 Å². The number of amidine groups is 1. The lowest BCUT2D eigenvalue weighted by molar-refractivity contribution is 0.0682. The minimum atomic E-state index is -1.48. The largest absolute Gasteiger partial charge is 0.491 e. The molecule has 0 unspecified atom stereocenters. The van der Waals surface area contributed by atoms with Crippen molar-refractivity contribution < 1.29 is 14.8 Å². The van der Waals surface area contributed by atoms with Crippen LogP contribution in [0.1, 0.15) is 6.92 Å². The van der Waals surface area contributed by atoms with Crippen LogP contribution in [0.25, 0.3) is 0 Å². The number of hydrogen-bond acceptors (Lipinski definition) is 4. The molecule has 0 saturated carbocycles. The molecule has 84 valence electrons. The Bertz CT molecular complexity index is 260. The van der Waals surface area contributed by atoms with Gasteiger partial charge in [0.15, 0.2) is 0 Å². The normalized spacial score (nSPS) is 19.3. The van der Waals surface area contributed by atoms with Gasteiger partial charge in [-0.2, -0.15) is 0 Å². The summed E-state index contributed by atoms with van der Waals surface area (Å²) < 4.78 is 5.23. The molecule has 1 aliphatic heterocycles. The number of aliphatic imine (C=N–C) groups is 1. The summed E-state index contributed by atoms with van der Waals surface area (Å²) in [6, 6.07) is 0. The third kappa shape index (κ3) is 3.05. The maximum Gasteiger partial charge on any atom is 0.491 e. The summed E-state index contributed by atoms with van der Waals surface area (Å²) in [4.78, 5) is 6.10. The fourth-order valence-corrected chi connectivity index (χ4v) is 1.62. The number of allylic oxidation sites excluding steroid dienone is 1. The van der Waals surface area contributed by atoms with Crippen LogP contribution >= 0.6 is 0 Å². The Morgan fingerprint density at radius 2 is 2.00 bits per heavy atom. The van der Waals surface area contributed by atoms with Crippen molar-refractivity contribution in [2.75, 3.05) is 33.4 Å². The molecule has 0 aromatic rings. The van der Waals surface area contributed by atoms with Crippen LogP contribution in [0.15, 0.2) is 16.5 Å². The van der Waals surface area contributed by atoms with Gasteiger partial charge in [0, 0.05) is 25.6 Å². The zero-order chi connectivity index (χ0) is 11.3. The van der Waals surface area contributed by atoms with E-state index in [1.807, 2.05) is 4.90 Å². The van der Waals surface area contributed by atoms with E-state index in [0.29, 0.717) is 24.5 Å². The Balaban J connectivity index is 2.78. The Morgan fingerprint density at radius 3 is 2.40 bits per heavy atom. The highest BCUT2D eigenvalue weighted by Crippen LogP contribution is 2.08. The molecule has 1 rings (SSSR count). The highest BCUT2D eigenvalue weighted by Gasteiger charge is 2.24. The van der Waals surface area contributed by atoms with Crippen LogP contribution in [0.2, 0.25) is 0 Å². The minimum absolute atomic E-state index is 0.444. The minimum Gasteiger partial charge on any atom is -0.423 e. The molecular weight excluding hydrogens is 195 g/mol. The van der Waals surface area contributed by atoms with E-state index in [-0.39, 0.29) is 0 Å². The fraction of sp³-hybridized carbons (Fsp3) is 0.667. The maximum atomic E-state index is 9.19. The third-order valence-electron chi connectivity index (χ3n) is 2.37. The van der Waals surface area contributed by atoms with Crippen molar-refractivity contribution in [2.24, 2.45) is 4.99 Å². The zero-order valence-electron chi connectivity index (χ0n) is 9.18. The highest BCUT2D eigenvalue weighted by atomic mass is 16.5. The van der Waals surface area contributed by atoms with Crippen LogP contribution in [0.5, 0.6) is 0 Å². The van der Waals surface area contributed by atoms with Crippen molar-refractivity contribution in [3.8, 4) is 0 Å². The molecule has 0 aliphatic carbocycles. The monoisotopic (exact) mass is 212 g/mol. The van der Waals surface area contributed by atoms with Crippen molar-refractivity contribution in [3.05, 3.63) is 11.5 Å². The Kier molecular flexibility index (Phi) is 4.81. The third-order valence-corrected chi connectivity index (χ3v) is 2.37. The number of nitrogens with zero attached hydrogens (tertiary/aromatic N) is 2. The smallest absolute Gasteiger partial charge is 0.423 e. The van der Waals surface area contributed by atoms with Gasteiger partial charge in [-0.1, -0.05) is 6.08 Å². The van der Waals surface area contributed by atoms with E-state index in [1.165, 1.54) is 0 Å². The second-order valence-corrected chi connectivity index (χ2v) is 3.26. The van der Waals surface area contributed by atoms with Gasteiger partial charge >= 0.3 is 7.12 Å². The van der Waals surface area contributed by atoms with Crippen molar-refractivity contribution in [2.45, 2.75) is 6.92 Å². The summed E-state index contributed by atoms with van der Waals surface area (Å²) in [5.74, 6) is 0.635. The van der Waals surface area contributed by atoms with Crippen LogP contribution in [-0.4, -0.2) is 61.3 Å². The number of ether oxygens (including phenoxy) is 1. The Hall–Kier alpha value is -0.845. The molecule has 2 N–H and O–H groups in total. The summed E-state index contributed by atoms with van der Waals surface area (Å²) in [6.07, 6.45) is 1.67. The van der Waals surface area contributed by atoms with Gasteiger partial charge < -0.3 is 19.7 Å². The molecule has 1 fully saturated rings. The standard InChI is InChI=1S/C9H17BN2O3/c1-3-8(10(13)14)9(11-2)12-4-6-15-7-5-12/h3,13-14H,4-7H2,1-2H3/b8-3+,11-9?. The summed E-state index contributed by atoms with van der Waals surface area (Å²) >= 11 is 0. The predicted octanol–water partition coefficient (Wildman–Crippen LogP) is -0.695. The van der Waals surface area contributed by atoms with E-state index in [0.717, 1.165) is 13.1 Å². The molecule has 1 saturated heterocycles. The van der Waals surface area contributed by atoms with Crippen LogP contribution in [0.4, 0.5) is 0 Å². The number of morpholine rings is 1. The lowest BCUT2D eigenvalue weighted by atomic mass is 9.77. The van der Waals surface area contributed by atoms with Gasteiger partial charge in [0.1, 0.15) is 5.84 Å². The molecule has 0 amide bonds. The summed E-state index contributed by atoms with van der Waals surface area (Å²) in [5, 5.41) is 18.4. The van der Waals surface area contributed by atoms with Gasteiger partial charge in [0.2, 0.25) is 0 Å². The summed E-state index contributed by atoms with van der Waals surface area (Å²) in [7, 11) is 0.174. The first-order chi connectivity index (χ1) is 7.20. The first-order valence-electron chi connectivity index (χ1n) is 5.03. The summed E-state index contributed by atoms with van der Waals surface area (Å²) in [6.45, 7) is 4.53. The van der Waals surface area contributed by atoms with Crippen LogP contribution in [-0.2, 0) is 4.74 Å². The molecule has 1 aliphatic rings. The average molecular weight is 212 g/mol. The van der Waals surface area contributed by atoms with Crippen molar-refractivity contribution in [1.29, 1.82) is 0 Å². The molecule has 0 radical (unpaired) electrons. The van der Waals surface area contributed by atoms with Crippen molar-refractivity contribution in [3.63, 3.8) is 0 Å². The fourth-order valence-electron chi connectivity index (χ4n) is 1.62. The molecule has 5 nitrogen and oxygen atoms in total. The van der Waals surface area contributed by atoms with Gasteiger partial charge in [0.05, 0.1) is 13.2 Å². The Labute approximate surface area is 90.2 Å². The van der Waals surface area contributed by atoms with Gasteiger partial charge in [0.25, 0.3) is 0 Å².